The largest absolute Gasteiger partial charge is 0.394 e. The van der Waals surface area contributed by atoms with Gasteiger partial charge in [-0.05, 0) is 18.5 Å². The number of aliphatic hydroxyl groups excluding tert-OH is 1. The van der Waals surface area contributed by atoms with Crippen LogP contribution in [-0.2, 0) is 5.54 Å². The number of hydrogen-bond donors (Lipinski definition) is 3. The van der Waals surface area contributed by atoms with Crippen LogP contribution in [0.4, 0.5) is 0 Å². The third-order valence-electron chi connectivity index (χ3n) is 3.35. The van der Waals surface area contributed by atoms with Gasteiger partial charge in [0.1, 0.15) is 0 Å². The van der Waals surface area contributed by atoms with Gasteiger partial charge < -0.3 is 15.4 Å². The predicted molar refractivity (Wildman–Crippen MR) is 82.8 cm³/mol. The minimum atomic E-state index is -0.379. The number of imidazole rings is 1. The number of rotatable bonds is 8. The Morgan fingerprint density at radius 1 is 1.35 bits per heavy atom. The number of benzene rings is 1. The molecule has 1 aromatic carbocycles. The normalized spacial score (nSPS) is 14.1. The van der Waals surface area contributed by atoms with Crippen LogP contribution in [0.25, 0.3) is 0 Å². The summed E-state index contributed by atoms with van der Waals surface area (Å²) in [5.41, 5.74) is 0.750. The Balaban J connectivity index is 2.06. The van der Waals surface area contributed by atoms with Crippen molar-refractivity contribution in [1.29, 1.82) is 0 Å². The molecular weight excluding hydrogens is 270 g/mol. The third-order valence-corrected chi connectivity index (χ3v) is 4.26. The average Bonchev–Trinajstić information content (AvgIpc) is 3.00. The second-order valence-corrected chi connectivity index (χ2v) is 5.71. The molecule has 2 rings (SSSR count). The van der Waals surface area contributed by atoms with Crippen molar-refractivity contribution in [3.05, 3.63) is 48.3 Å². The smallest absolute Gasteiger partial charge is 0.165 e. The van der Waals surface area contributed by atoms with Crippen molar-refractivity contribution in [2.24, 2.45) is 0 Å². The number of H-pyrrole nitrogens is 1. The summed E-state index contributed by atoms with van der Waals surface area (Å²) in [5, 5.41) is 14.3. The number of likely N-dealkylation sites (N-methyl/N-ethyl adjacent to an activating group) is 1. The summed E-state index contributed by atoms with van der Waals surface area (Å²) in [6, 6.07) is 10.1. The van der Waals surface area contributed by atoms with Crippen molar-refractivity contribution in [3.8, 4) is 0 Å². The Hall–Kier alpha value is -1.30. The van der Waals surface area contributed by atoms with Crippen LogP contribution in [0.2, 0.25) is 0 Å². The van der Waals surface area contributed by atoms with Crippen LogP contribution in [0, 0.1) is 0 Å². The van der Waals surface area contributed by atoms with Crippen molar-refractivity contribution in [3.63, 3.8) is 0 Å². The molecule has 0 saturated carbocycles. The fourth-order valence-corrected chi connectivity index (χ4v) is 3.24. The van der Waals surface area contributed by atoms with Gasteiger partial charge in [-0.3, -0.25) is 0 Å². The molecule has 108 valence electrons. The van der Waals surface area contributed by atoms with Gasteiger partial charge in [-0.2, -0.15) is 0 Å². The molecule has 0 spiro atoms. The Bertz CT molecular complexity index is 489. The summed E-state index contributed by atoms with van der Waals surface area (Å²) >= 11 is 1.67. The summed E-state index contributed by atoms with van der Waals surface area (Å²) in [6.07, 6.45) is 4.42. The highest BCUT2D eigenvalue weighted by atomic mass is 32.2. The fraction of sp³-hybridized carbons (Fsp3) is 0.400. The molecule has 1 aromatic heterocycles. The number of nitrogens with one attached hydrogen (secondary N) is 2. The van der Waals surface area contributed by atoms with Gasteiger partial charge in [-0.25, -0.2) is 4.98 Å². The molecule has 2 aromatic rings. The highest BCUT2D eigenvalue weighted by Crippen LogP contribution is 2.27. The van der Waals surface area contributed by atoms with Crippen LogP contribution in [0.15, 0.2) is 47.9 Å². The standard InChI is InChI=1S/C15H21N3OS/c1-2-18-15(12-19,13-6-4-3-5-7-13)8-11-20-14-16-9-10-17-14/h3-7,9-10,18-19H,2,8,11-12H2,1H3,(H,16,17). The van der Waals surface area contributed by atoms with Gasteiger partial charge in [0.05, 0.1) is 12.1 Å². The lowest BCUT2D eigenvalue weighted by atomic mass is 9.88. The molecule has 0 aliphatic heterocycles. The highest BCUT2D eigenvalue weighted by molar-refractivity contribution is 7.99. The first-order valence-corrected chi connectivity index (χ1v) is 7.83. The maximum Gasteiger partial charge on any atom is 0.165 e. The lowest BCUT2D eigenvalue weighted by Gasteiger charge is -2.33. The number of aliphatic hydroxyl groups is 1. The molecule has 1 atom stereocenters. The van der Waals surface area contributed by atoms with Crippen LogP contribution in [-0.4, -0.2) is 34.0 Å². The minimum Gasteiger partial charge on any atom is -0.394 e. The van der Waals surface area contributed by atoms with E-state index in [4.69, 9.17) is 0 Å². The molecule has 1 unspecified atom stereocenters. The third kappa shape index (κ3) is 3.62. The van der Waals surface area contributed by atoms with Crippen LogP contribution in [0.5, 0.6) is 0 Å². The van der Waals surface area contributed by atoms with Crippen LogP contribution < -0.4 is 5.32 Å². The number of thioether (sulfide) groups is 1. The molecule has 0 aliphatic rings. The number of hydrogen-bond acceptors (Lipinski definition) is 4. The topological polar surface area (TPSA) is 60.9 Å². The fourth-order valence-electron chi connectivity index (χ4n) is 2.31. The second-order valence-electron chi connectivity index (χ2n) is 4.63. The minimum absolute atomic E-state index is 0.0869. The van der Waals surface area contributed by atoms with Gasteiger partial charge in [0.25, 0.3) is 0 Å². The van der Waals surface area contributed by atoms with E-state index in [1.165, 1.54) is 0 Å². The van der Waals surface area contributed by atoms with E-state index in [0.29, 0.717) is 0 Å². The first kappa shape index (κ1) is 15.1. The lowest BCUT2D eigenvalue weighted by Crippen LogP contribution is -2.46. The van der Waals surface area contributed by atoms with Gasteiger partial charge in [0.15, 0.2) is 5.16 Å². The molecular formula is C15H21N3OS. The zero-order chi connectivity index (χ0) is 14.3. The van der Waals surface area contributed by atoms with Gasteiger partial charge >= 0.3 is 0 Å². The van der Waals surface area contributed by atoms with Crippen molar-refractivity contribution in [1.82, 2.24) is 15.3 Å². The maximum absolute atomic E-state index is 9.92. The number of aromatic amines is 1. The molecule has 0 fully saturated rings. The Morgan fingerprint density at radius 2 is 2.15 bits per heavy atom. The van der Waals surface area contributed by atoms with E-state index in [0.717, 1.165) is 29.4 Å². The van der Waals surface area contributed by atoms with Crippen LogP contribution >= 0.6 is 11.8 Å². The van der Waals surface area contributed by atoms with Crippen molar-refractivity contribution < 1.29 is 5.11 Å². The summed E-state index contributed by atoms with van der Waals surface area (Å²) in [4.78, 5) is 7.29. The average molecular weight is 291 g/mol. The maximum atomic E-state index is 9.92. The first-order valence-electron chi connectivity index (χ1n) is 6.84. The first-order chi connectivity index (χ1) is 9.80. The van der Waals surface area contributed by atoms with E-state index in [-0.39, 0.29) is 12.1 Å². The van der Waals surface area contributed by atoms with E-state index in [1.54, 1.807) is 18.0 Å². The van der Waals surface area contributed by atoms with Gasteiger partial charge in [0, 0.05) is 18.1 Å². The molecule has 0 aliphatic carbocycles. The summed E-state index contributed by atoms with van der Waals surface area (Å²) in [5.74, 6) is 0.885. The van der Waals surface area contributed by atoms with E-state index >= 15 is 0 Å². The zero-order valence-corrected chi connectivity index (χ0v) is 12.5. The van der Waals surface area contributed by atoms with Crippen LogP contribution in [0.3, 0.4) is 0 Å². The second kappa shape index (κ2) is 7.47. The molecule has 0 bridgehead atoms. The van der Waals surface area contributed by atoms with Crippen LogP contribution in [0.1, 0.15) is 18.9 Å². The number of aromatic nitrogens is 2. The van der Waals surface area contributed by atoms with Crippen molar-refractivity contribution >= 4 is 11.8 Å². The summed E-state index contributed by atoms with van der Waals surface area (Å²) < 4.78 is 0. The predicted octanol–water partition coefficient (Wildman–Crippen LogP) is 2.39. The van der Waals surface area contributed by atoms with E-state index < -0.39 is 0 Å². The van der Waals surface area contributed by atoms with E-state index in [2.05, 4.69) is 34.3 Å². The quantitative estimate of drug-likeness (QED) is 0.654. The summed E-state index contributed by atoms with van der Waals surface area (Å²) in [7, 11) is 0. The molecule has 0 radical (unpaired) electrons. The molecule has 0 saturated heterocycles. The summed E-state index contributed by atoms with van der Waals surface area (Å²) in [6.45, 7) is 2.97. The molecule has 1 heterocycles. The van der Waals surface area contributed by atoms with E-state index in [9.17, 15) is 5.11 Å². The molecule has 20 heavy (non-hydrogen) atoms. The zero-order valence-electron chi connectivity index (χ0n) is 11.7. The highest BCUT2D eigenvalue weighted by Gasteiger charge is 2.30. The lowest BCUT2D eigenvalue weighted by molar-refractivity contribution is 0.158. The molecule has 5 heteroatoms. The molecule has 0 amide bonds. The molecule has 3 N–H and O–H groups in total. The van der Waals surface area contributed by atoms with Gasteiger partial charge in [-0.1, -0.05) is 49.0 Å². The van der Waals surface area contributed by atoms with Gasteiger partial charge in [0.2, 0.25) is 0 Å². The SMILES string of the molecule is CCNC(CO)(CCSc1ncc[nH]1)c1ccccc1. The Morgan fingerprint density at radius 3 is 2.75 bits per heavy atom. The number of nitrogens with zero attached hydrogens (tertiary/aromatic N) is 1. The van der Waals surface area contributed by atoms with Gasteiger partial charge in [-0.15, -0.1) is 0 Å². The Labute approximate surface area is 124 Å². The Kier molecular flexibility index (Phi) is 5.64. The molecule has 4 nitrogen and oxygen atoms in total. The van der Waals surface area contributed by atoms with E-state index in [1.807, 2.05) is 24.4 Å². The van der Waals surface area contributed by atoms with Crippen molar-refractivity contribution in [2.45, 2.75) is 24.0 Å². The monoisotopic (exact) mass is 291 g/mol. The van der Waals surface area contributed by atoms with Crippen molar-refractivity contribution in [2.75, 3.05) is 18.9 Å².